The fraction of sp³-hybridized carbons (Fsp3) is 0.324. The summed E-state index contributed by atoms with van der Waals surface area (Å²) in [5, 5.41) is 8.51. The van der Waals surface area contributed by atoms with E-state index in [0.717, 1.165) is 43.2 Å². The van der Waals surface area contributed by atoms with Gasteiger partial charge in [0, 0.05) is 11.4 Å². The van der Waals surface area contributed by atoms with Crippen LogP contribution in [0.25, 0.3) is 0 Å². The Labute approximate surface area is 260 Å². The molecule has 0 saturated heterocycles. The van der Waals surface area contributed by atoms with Crippen molar-refractivity contribution < 1.29 is 23.4 Å². The van der Waals surface area contributed by atoms with Crippen LogP contribution < -0.4 is 14.8 Å². The highest BCUT2D eigenvalue weighted by atomic mass is 32.2. The summed E-state index contributed by atoms with van der Waals surface area (Å²) in [6, 6.07) is 21.6. The number of carbonyl (C=O) groups excluding carboxylic acids is 1. The number of thioether (sulfide) groups is 1. The number of halogens is 1. The van der Waals surface area contributed by atoms with Gasteiger partial charge in [-0.05, 0) is 67.5 Å². The van der Waals surface area contributed by atoms with E-state index in [4.69, 9.17) is 24.3 Å². The molecule has 1 N–H and O–H groups in total. The molecule has 1 aliphatic heterocycles. The van der Waals surface area contributed by atoms with Crippen LogP contribution in [-0.2, 0) is 21.9 Å². The molecule has 0 radical (unpaired) electrons. The zero-order valence-electron chi connectivity index (χ0n) is 24.8. The first-order valence-corrected chi connectivity index (χ1v) is 15.8. The van der Waals surface area contributed by atoms with Crippen molar-refractivity contribution in [1.29, 1.82) is 0 Å². The lowest BCUT2D eigenvalue weighted by atomic mass is 9.94. The van der Waals surface area contributed by atoms with Gasteiger partial charge in [0.05, 0.1) is 12.7 Å². The minimum atomic E-state index is -0.630. The third-order valence-corrected chi connectivity index (χ3v) is 8.82. The molecule has 3 aromatic carbocycles. The van der Waals surface area contributed by atoms with Gasteiger partial charge in [0.25, 0.3) is 0 Å². The van der Waals surface area contributed by atoms with E-state index in [0.29, 0.717) is 51.8 Å². The van der Waals surface area contributed by atoms with E-state index in [1.54, 1.807) is 30.0 Å². The lowest BCUT2D eigenvalue weighted by molar-refractivity contribution is -0.146. The van der Waals surface area contributed by atoms with Crippen molar-refractivity contribution >= 4 is 23.7 Å². The summed E-state index contributed by atoms with van der Waals surface area (Å²) >= 11 is 1.33. The number of aromatic nitrogens is 3. The normalized spacial score (nSPS) is 16.7. The van der Waals surface area contributed by atoms with E-state index in [1.165, 1.54) is 17.8 Å². The molecule has 0 bridgehead atoms. The van der Waals surface area contributed by atoms with Crippen molar-refractivity contribution in [3.05, 3.63) is 107 Å². The van der Waals surface area contributed by atoms with Crippen molar-refractivity contribution in [3.8, 4) is 11.5 Å². The summed E-state index contributed by atoms with van der Waals surface area (Å²) in [6.07, 6.45) is 4.88. The predicted molar refractivity (Wildman–Crippen MR) is 167 cm³/mol. The average molecular weight is 615 g/mol. The zero-order chi connectivity index (χ0) is 30.5. The third kappa shape index (κ3) is 6.60. The first kappa shape index (κ1) is 29.7. The molecular weight excluding hydrogens is 579 g/mol. The van der Waals surface area contributed by atoms with E-state index < -0.39 is 6.04 Å². The van der Waals surface area contributed by atoms with Gasteiger partial charge in [-0.3, -0.25) is 0 Å². The van der Waals surface area contributed by atoms with Gasteiger partial charge in [0.15, 0.2) is 11.5 Å². The Morgan fingerprint density at radius 2 is 1.80 bits per heavy atom. The quantitative estimate of drug-likeness (QED) is 0.146. The van der Waals surface area contributed by atoms with Crippen LogP contribution >= 0.6 is 11.8 Å². The Kier molecular flexibility index (Phi) is 9.16. The van der Waals surface area contributed by atoms with E-state index in [1.807, 2.05) is 55.5 Å². The summed E-state index contributed by atoms with van der Waals surface area (Å²) < 4.78 is 33.9. The molecule has 1 fully saturated rings. The molecule has 10 heteroatoms. The van der Waals surface area contributed by atoms with Crippen LogP contribution in [0.2, 0.25) is 0 Å². The number of nitrogens with one attached hydrogen (secondary N) is 1. The SMILES string of the molecule is COc1cc(C2C(C(=O)OC3CCCCC3)=C(C)Nc3nc(SCc4ccccc4F)nn32)ccc1OCc1ccccc1. The van der Waals surface area contributed by atoms with Crippen LogP contribution in [-0.4, -0.2) is 33.9 Å². The van der Waals surface area contributed by atoms with Gasteiger partial charge in [-0.2, -0.15) is 4.98 Å². The Balaban J connectivity index is 1.32. The molecule has 2 heterocycles. The van der Waals surface area contributed by atoms with Crippen molar-refractivity contribution in [2.24, 2.45) is 0 Å². The van der Waals surface area contributed by atoms with Gasteiger partial charge in [0.1, 0.15) is 24.6 Å². The Bertz CT molecular complexity index is 1650. The second-order valence-electron chi connectivity index (χ2n) is 11.0. The fourth-order valence-electron chi connectivity index (χ4n) is 5.63. The van der Waals surface area contributed by atoms with Crippen LogP contribution in [0.15, 0.2) is 89.2 Å². The zero-order valence-corrected chi connectivity index (χ0v) is 25.6. The summed E-state index contributed by atoms with van der Waals surface area (Å²) in [5.74, 6) is 1.32. The highest BCUT2D eigenvalue weighted by molar-refractivity contribution is 7.98. The number of benzene rings is 3. The summed E-state index contributed by atoms with van der Waals surface area (Å²) in [5.41, 5.74) is 3.47. The molecule has 1 aromatic heterocycles. The highest BCUT2D eigenvalue weighted by Gasteiger charge is 2.37. The first-order valence-electron chi connectivity index (χ1n) is 14.9. The number of ether oxygens (including phenoxy) is 3. The molecule has 228 valence electrons. The van der Waals surface area contributed by atoms with Crippen LogP contribution in [0.3, 0.4) is 0 Å². The number of anilines is 1. The number of fused-ring (bicyclic) bond motifs is 1. The summed E-state index contributed by atoms with van der Waals surface area (Å²) in [4.78, 5) is 18.5. The van der Waals surface area contributed by atoms with Crippen LogP contribution in [0.4, 0.5) is 10.3 Å². The first-order chi connectivity index (χ1) is 21.5. The molecule has 44 heavy (non-hydrogen) atoms. The van der Waals surface area contributed by atoms with Gasteiger partial charge in [-0.1, -0.05) is 72.8 Å². The molecule has 1 unspecified atom stereocenters. The number of hydrogen-bond acceptors (Lipinski definition) is 8. The maximum Gasteiger partial charge on any atom is 0.338 e. The number of carbonyl (C=O) groups is 1. The van der Waals surface area contributed by atoms with Crippen molar-refractivity contribution in [1.82, 2.24) is 14.8 Å². The van der Waals surface area contributed by atoms with E-state index in [9.17, 15) is 9.18 Å². The molecular formula is C34H35FN4O4S. The molecule has 1 aliphatic carbocycles. The molecule has 6 rings (SSSR count). The van der Waals surface area contributed by atoms with Gasteiger partial charge >= 0.3 is 5.97 Å². The van der Waals surface area contributed by atoms with E-state index in [2.05, 4.69) is 5.32 Å². The molecule has 4 aromatic rings. The molecule has 8 nitrogen and oxygen atoms in total. The number of methoxy groups -OCH3 is 1. The maximum absolute atomic E-state index is 14.3. The number of rotatable bonds is 10. The number of nitrogens with zero attached hydrogens (tertiary/aromatic N) is 3. The van der Waals surface area contributed by atoms with Crippen molar-refractivity contribution in [2.75, 3.05) is 12.4 Å². The van der Waals surface area contributed by atoms with Gasteiger partial charge in [-0.25, -0.2) is 13.9 Å². The van der Waals surface area contributed by atoms with Gasteiger partial charge in [0.2, 0.25) is 11.1 Å². The largest absolute Gasteiger partial charge is 0.493 e. The average Bonchev–Trinajstić information content (AvgIpc) is 3.46. The van der Waals surface area contributed by atoms with Gasteiger partial charge < -0.3 is 19.5 Å². The Morgan fingerprint density at radius 1 is 1.02 bits per heavy atom. The minimum Gasteiger partial charge on any atom is -0.493 e. The molecule has 0 amide bonds. The molecule has 2 aliphatic rings. The fourth-order valence-corrected chi connectivity index (χ4v) is 6.44. The second-order valence-corrected chi connectivity index (χ2v) is 11.9. The van der Waals surface area contributed by atoms with E-state index >= 15 is 0 Å². The van der Waals surface area contributed by atoms with Crippen molar-refractivity contribution in [3.63, 3.8) is 0 Å². The van der Waals surface area contributed by atoms with Crippen molar-refractivity contribution in [2.45, 2.75) is 68.7 Å². The molecule has 0 spiro atoms. The molecule has 1 atom stereocenters. The van der Waals surface area contributed by atoms with E-state index in [-0.39, 0.29) is 17.9 Å². The van der Waals surface area contributed by atoms with Crippen LogP contribution in [0.5, 0.6) is 11.5 Å². The number of allylic oxidation sites excluding steroid dienone is 1. The minimum absolute atomic E-state index is 0.107. The summed E-state index contributed by atoms with van der Waals surface area (Å²) in [6.45, 7) is 2.24. The Morgan fingerprint density at radius 3 is 2.57 bits per heavy atom. The predicted octanol–water partition coefficient (Wildman–Crippen LogP) is 7.46. The Hall–Kier alpha value is -4.31. The topological polar surface area (TPSA) is 87.5 Å². The van der Waals surface area contributed by atoms with Crippen LogP contribution in [0, 0.1) is 5.82 Å². The second kappa shape index (κ2) is 13.5. The monoisotopic (exact) mass is 614 g/mol. The standard InChI is InChI=1S/C34H35FN4O4S/c1-22-30(32(40)43-26-14-7-4-8-15-26)31(24-17-18-28(29(19-24)41-2)42-20-23-11-5-3-6-12-23)39-33(36-22)37-34(38-39)44-21-25-13-9-10-16-27(25)35/h3,5-6,9-13,16-19,26,31H,4,7-8,14-15,20-21H2,1-2H3,(H,36,37,38). The van der Waals surface area contributed by atoms with Gasteiger partial charge in [-0.15, -0.1) is 5.10 Å². The highest BCUT2D eigenvalue weighted by Crippen LogP contribution is 2.40. The number of hydrogen-bond donors (Lipinski definition) is 1. The molecule has 1 saturated carbocycles. The maximum atomic E-state index is 14.3. The van der Waals surface area contributed by atoms with Crippen LogP contribution in [0.1, 0.15) is 61.8 Å². The summed E-state index contributed by atoms with van der Waals surface area (Å²) in [7, 11) is 1.59. The smallest absolute Gasteiger partial charge is 0.338 e. The lowest BCUT2D eigenvalue weighted by Crippen LogP contribution is -2.32. The number of esters is 1. The third-order valence-electron chi connectivity index (χ3n) is 7.93. The lowest BCUT2D eigenvalue weighted by Gasteiger charge is -2.30.